The van der Waals surface area contributed by atoms with E-state index in [1.54, 1.807) is 27.4 Å². The Morgan fingerprint density at radius 2 is 1.69 bits per heavy atom. The molecule has 0 radical (unpaired) electrons. The van der Waals surface area contributed by atoms with Crippen LogP contribution in [0.15, 0.2) is 30.3 Å². The zero-order chi connectivity index (χ0) is 20.8. The molecule has 4 rings (SSSR count). The molecule has 2 heterocycles. The fourth-order valence-corrected chi connectivity index (χ4v) is 3.67. The molecule has 29 heavy (non-hydrogen) atoms. The average Bonchev–Trinajstić information content (AvgIpc) is 2.71. The van der Waals surface area contributed by atoms with Crippen LogP contribution in [-0.2, 0) is 0 Å². The van der Waals surface area contributed by atoms with Gasteiger partial charge in [-0.1, -0.05) is 6.07 Å². The van der Waals surface area contributed by atoms with Gasteiger partial charge in [0.2, 0.25) is 0 Å². The lowest BCUT2D eigenvalue weighted by Gasteiger charge is -2.33. The molecule has 1 unspecified atom stereocenters. The third-order valence-electron chi connectivity index (χ3n) is 5.18. The molecule has 0 amide bonds. The Balaban J connectivity index is 1.79. The molecular weight excluding hydrogens is 372 g/mol. The molecule has 0 spiro atoms. The van der Waals surface area contributed by atoms with Crippen molar-refractivity contribution < 1.29 is 28.5 Å². The van der Waals surface area contributed by atoms with Gasteiger partial charge in [-0.2, -0.15) is 0 Å². The summed E-state index contributed by atoms with van der Waals surface area (Å²) in [5.41, 5.74) is 1.59. The molecule has 6 heteroatoms. The second kappa shape index (κ2) is 7.03. The largest absolute Gasteiger partial charge is 0.493 e. The molecule has 0 bridgehead atoms. The van der Waals surface area contributed by atoms with Crippen molar-refractivity contribution in [1.82, 2.24) is 0 Å². The molecule has 6 nitrogen and oxygen atoms in total. The number of carbonyl (C=O) groups excluding carboxylic acids is 1. The second-order valence-corrected chi connectivity index (χ2v) is 7.59. The average molecular weight is 396 g/mol. The van der Waals surface area contributed by atoms with Crippen molar-refractivity contribution >= 4 is 11.9 Å². The number of fused-ring (bicyclic) bond motifs is 3. The first-order chi connectivity index (χ1) is 13.9. The molecule has 2 aromatic carbocycles. The van der Waals surface area contributed by atoms with Crippen LogP contribution in [0.1, 0.15) is 47.9 Å². The zero-order valence-corrected chi connectivity index (χ0v) is 17.2. The minimum atomic E-state index is -0.476. The van der Waals surface area contributed by atoms with Crippen LogP contribution in [0, 0.1) is 0 Å². The fraction of sp³-hybridized carbons (Fsp3) is 0.348. The van der Waals surface area contributed by atoms with Crippen LogP contribution >= 0.6 is 0 Å². The van der Waals surface area contributed by atoms with Gasteiger partial charge in [-0.05, 0) is 49.8 Å². The predicted molar refractivity (Wildman–Crippen MR) is 109 cm³/mol. The lowest BCUT2D eigenvalue weighted by Crippen LogP contribution is -2.29. The molecule has 2 aromatic rings. The van der Waals surface area contributed by atoms with Crippen molar-refractivity contribution in [2.75, 3.05) is 21.3 Å². The van der Waals surface area contributed by atoms with E-state index in [1.807, 2.05) is 44.2 Å². The van der Waals surface area contributed by atoms with E-state index in [0.29, 0.717) is 34.3 Å². The lowest BCUT2D eigenvalue weighted by atomic mass is 9.92. The van der Waals surface area contributed by atoms with Crippen LogP contribution in [0.2, 0.25) is 0 Å². The van der Waals surface area contributed by atoms with E-state index < -0.39 is 11.7 Å². The van der Waals surface area contributed by atoms with Crippen molar-refractivity contribution in [2.24, 2.45) is 0 Å². The van der Waals surface area contributed by atoms with Gasteiger partial charge in [0.05, 0.1) is 38.9 Å². The predicted octanol–water partition coefficient (Wildman–Crippen LogP) is 4.60. The summed E-state index contributed by atoms with van der Waals surface area (Å²) >= 11 is 0. The number of methoxy groups -OCH3 is 3. The maximum Gasteiger partial charge on any atom is 0.173 e. The minimum absolute atomic E-state index is 0.00892. The van der Waals surface area contributed by atoms with Gasteiger partial charge < -0.3 is 23.7 Å². The standard InChI is InChI=1S/C23H24O6/c1-23(2)9-8-14-21-15(11-20(27-5)22(14)29-23)16(24)12-18(28-21)13-6-7-17(25-3)19(10-13)26-4/h6-11,18H,12H2,1-5H3. The van der Waals surface area contributed by atoms with Crippen LogP contribution in [0.4, 0.5) is 0 Å². The number of hydrogen-bond donors (Lipinski definition) is 0. The number of rotatable bonds is 4. The van der Waals surface area contributed by atoms with Gasteiger partial charge in [-0.15, -0.1) is 0 Å². The highest BCUT2D eigenvalue weighted by Crippen LogP contribution is 2.49. The number of ketones is 1. The van der Waals surface area contributed by atoms with Gasteiger partial charge in [-0.3, -0.25) is 4.79 Å². The highest BCUT2D eigenvalue weighted by Gasteiger charge is 2.35. The molecule has 152 valence electrons. The first-order valence-corrected chi connectivity index (χ1v) is 9.42. The Bertz CT molecular complexity index is 1000. The third kappa shape index (κ3) is 3.28. The molecule has 0 fully saturated rings. The first-order valence-electron chi connectivity index (χ1n) is 9.42. The van der Waals surface area contributed by atoms with E-state index in [9.17, 15) is 4.79 Å². The van der Waals surface area contributed by atoms with Crippen LogP contribution in [-0.4, -0.2) is 32.7 Å². The molecule has 0 saturated carbocycles. The number of Topliss-reactive ketones (excluding diaryl/α,β-unsaturated/α-hetero) is 1. The Labute approximate surface area is 170 Å². The van der Waals surface area contributed by atoms with Gasteiger partial charge in [0.15, 0.2) is 28.8 Å². The lowest BCUT2D eigenvalue weighted by molar-refractivity contribution is 0.0844. The normalized spacial score (nSPS) is 18.8. The van der Waals surface area contributed by atoms with Crippen LogP contribution in [0.3, 0.4) is 0 Å². The number of ether oxygens (including phenoxy) is 5. The molecule has 0 N–H and O–H groups in total. The summed E-state index contributed by atoms with van der Waals surface area (Å²) in [6.07, 6.45) is 3.67. The SMILES string of the molecule is COc1ccc(C2CC(=O)c3cc(OC)c4c(c3O2)C=CC(C)(C)O4)cc1OC. The molecule has 0 aliphatic carbocycles. The summed E-state index contributed by atoms with van der Waals surface area (Å²) in [5, 5.41) is 0. The van der Waals surface area contributed by atoms with E-state index in [2.05, 4.69) is 0 Å². The van der Waals surface area contributed by atoms with Crippen molar-refractivity contribution in [2.45, 2.75) is 32.0 Å². The monoisotopic (exact) mass is 396 g/mol. The third-order valence-corrected chi connectivity index (χ3v) is 5.18. The van der Waals surface area contributed by atoms with Gasteiger partial charge in [0, 0.05) is 0 Å². The van der Waals surface area contributed by atoms with E-state index >= 15 is 0 Å². The summed E-state index contributed by atoms with van der Waals surface area (Å²) in [4.78, 5) is 13.0. The van der Waals surface area contributed by atoms with Crippen molar-refractivity contribution in [3.05, 3.63) is 47.0 Å². The second-order valence-electron chi connectivity index (χ2n) is 7.59. The van der Waals surface area contributed by atoms with E-state index in [4.69, 9.17) is 23.7 Å². The summed E-state index contributed by atoms with van der Waals surface area (Å²) < 4.78 is 28.6. The molecule has 2 aliphatic heterocycles. The Hall–Kier alpha value is -3.15. The first kappa shape index (κ1) is 19.2. The molecular formula is C23H24O6. The van der Waals surface area contributed by atoms with Gasteiger partial charge >= 0.3 is 0 Å². The number of hydrogen-bond acceptors (Lipinski definition) is 6. The van der Waals surface area contributed by atoms with Crippen LogP contribution in [0.5, 0.6) is 28.7 Å². The maximum atomic E-state index is 13.0. The van der Waals surface area contributed by atoms with E-state index in [0.717, 1.165) is 11.1 Å². The summed E-state index contributed by atoms with van der Waals surface area (Å²) in [5.74, 6) is 2.83. The van der Waals surface area contributed by atoms with Crippen LogP contribution in [0.25, 0.3) is 6.08 Å². The number of benzene rings is 2. The zero-order valence-electron chi connectivity index (χ0n) is 17.2. The van der Waals surface area contributed by atoms with Gasteiger partial charge in [0.1, 0.15) is 17.5 Å². The summed E-state index contributed by atoms with van der Waals surface area (Å²) in [7, 11) is 4.73. The fourth-order valence-electron chi connectivity index (χ4n) is 3.67. The molecule has 1 atom stereocenters. The smallest absolute Gasteiger partial charge is 0.173 e. The topological polar surface area (TPSA) is 63.2 Å². The van der Waals surface area contributed by atoms with Gasteiger partial charge in [-0.25, -0.2) is 0 Å². The summed E-state index contributed by atoms with van der Waals surface area (Å²) in [6.45, 7) is 3.92. The van der Waals surface area contributed by atoms with E-state index in [1.165, 1.54) is 0 Å². The minimum Gasteiger partial charge on any atom is -0.493 e. The maximum absolute atomic E-state index is 13.0. The van der Waals surface area contributed by atoms with E-state index in [-0.39, 0.29) is 12.2 Å². The number of carbonyl (C=O) groups is 1. The highest BCUT2D eigenvalue weighted by atomic mass is 16.5. The molecule has 2 aliphatic rings. The molecule has 0 aromatic heterocycles. The van der Waals surface area contributed by atoms with Gasteiger partial charge in [0.25, 0.3) is 0 Å². The van der Waals surface area contributed by atoms with Crippen LogP contribution < -0.4 is 23.7 Å². The summed E-state index contributed by atoms with van der Waals surface area (Å²) in [6, 6.07) is 7.24. The Morgan fingerprint density at radius 3 is 2.38 bits per heavy atom. The molecule has 0 saturated heterocycles. The Morgan fingerprint density at radius 1 is 0.966 bits per heavy atom. The highest BCUT2D eigenvalue weighted by molar-refractivity contribution is 6.02. The Kier molecular flexibility index (Phi) is 4.65. The van der Waals surface area contributed by atoms with Crippen molar-refractivity contribution in [1.29, 1.82) is 0 Å². The van der Waals surface area contributed by atoms with Crippen molar-refractivity contribution in [3.8, 4) is 28.7 Å². The quantitative estimate of drug-likeness (QED) is 0.752. The van der Waals surface area contributed by atoms with Crippen molar-refractivity contribution in [3.63, 3.8) is 0 Å².